The zero-order valence-electron chi connectivity index (χ0n) is 10.8. The first kappa shape index (κ1) is 12.4. The minimum atomic E-state index is 0.919. The molecule has 2 aromatic rings. The number of aromatic nitrogens is 2. The van der Waals surface area contributed by atoms with Crippen molar-refractivity contribution in [2.75, 3.05) is 37.0 Å². The summed E-state index contributed by atoms with van der Waals surface area (Å²) in [6.45, 7) is 1.85. The standard InChI is InChI=1S/C14H18N4/c1-17(13-6-5-8-15-12-13)10-11-18(2)14-7-3-4-9-16-14/h3-9,12H,10-11H2,1-2H3. The Balaban J connectivity index is 1.89. The SMILES string of the molecule is CN(CCN(C)c1ccccn1)c1cccnc1. The lowest BCUT2D eigenvalue weighted by Crippen LogP contribution is -2.31. The molecule has 0 amide bonds. The molecule has 2 aromatic heterocycles. The monoisotopic (exact) mass is 242 g/mol. The first-order chi connectivity index (χ1) is 8.77. The van der Waals surface area contributed by atoms with Gasteiger partial charge in [0.1, 0.15) is 5.82 Å². The largest absolute Gasteiger partial charge is 0.372 e. The van der Waals surface area contributed by atoms with Crippen molar-refractivity contribution in [2.24, 2.45) is 0 Å². The Bertz CT molecular complexity index is 412. The molecule has 0 aliphatic heterocycles. The van der Waals surface area contributed by atoms with E-state index in [-0.39, 0.29) is 0 Å². The summed E-state index contributed by atoms with van der Waals surface area (Å²) in [5, 5.41) is 0. The van der Waals surface area contributed by atoms with E-state index in [0.29, 0.717) is 0 Å². The van der Waals surface area contributed by atoms with E-state index in [4.69, 9.17) is 0 Å². The molecule has 0 aliphatic carbocycles. The fourth-order valence-electron chi connectivity index (χ4n) is 1.70. The number of nitrogens with zero attached hydrogens (tertiary/aromatic N) is 4. The lowest BCUT2D eigenvalue weighted by molar-refractivity contribution is 0.821. The number of hydrogen-bond donors (Lipinski definition) is 0. The van der Waals surface area contributed by atoms with Gasteiger partial charge >= 0.3 is 0 Å². The maximum atomic E-state index is 4.32. The summed E-state index contributed by atoms with van der Waals surface area (Å²) in [4.78, 5) is 12.8. The zero-order chi connectivity index (χ0) is 12.8. The van der Waals surface area contributed by atoms with E-state index >= 15 is 0 Å². The molecule has 2 heterocycles. The van der Waals surface area contributed by atoms with Crippen LogP contribution in [0.3, 0.4) is 0 Å². The predicted molar refractivity (Wildman–Crippen MR) is 75.0 cm³/mol. The highest BCUT2D eigenvalue weighted by Gasteiger charge is 2.04. The van der Waals surface area contributed by atoms with Gasteiger partial charge in [-0.05, 0) is 24.3 Å². The summed E-state index contributed by atoms with van der Waals surface area (Å²) in [6, 6.07) is 9.97. The molecule has 0 atom stereocenters. The highest BCUT2D eigenvalue weighted by molar-refractivity contribution is 5.43. The number of likely N-dealkylation sites (N-methyl/N-ethyl adjacent to an activating group) is 2. The summed E-state index contributed by atoms with van der Waals surface area (Å²) in [7, 11) is 4.13. The Kier molecular flexibility index (Phi) is 4.12. The van der Waals surface area contributed by atoms with Gasteiger partial charge in [0, 0.05) is 39.6 Å². The van der Waals surface area contributed by atoms with Crippen molar-refractivity contribution in [3.05, 3.63) is 48.9 Å². The lowest BCUT2D eigenvalue weighted by Gasteiger charge is -2.24. The van der Waals surface area contributed by atoms with Gasteiger partial charge in [-0.15, -0.1) is 0 Å². The Morgan fingerprint density at radius 3 is 2.44 bits per heavy atom. The molecular weight excluding hydrogens is 224 g/mol. The molecule has 0 aliphatic rings. The Hall–Kier alpha value is -2.10. The zero-order valence-corrected chi connectivity index (χ0v) is 10.8. The average Bonchev–Trinajstić information content (AvgIpc) is 2.46. The van der Waals surface area contributed by atoms with Gasteiger partial charge in [0.05, 0.1) is 11.9 Å². The number of hydrogen-bond acceptors (Lipinski definition) is 4. The third-order valence-corrected chi connectivity index (χ3v) is 2.90. The molecule has 0 bridgehead atoms. The van der Waals surface area contributed by atoms with Gasteiger partial charge in [-0.1, -0.05) is 6.07 Å². The smallest absolute Gasteiger partial charge is 0.128 e. The molecule has 0 saturated heterocycles. The molecule has 0 radical (unpaired) electrons. The second kappa shape index (κ2) is 6.00. The van der Waals surface area contributed by atoms with Crippen LogP contribution in [-0.2, 0) is 0 Å². The minimum Gasteiger partial charge on any atom is -0.372 e. The fourth-order valence-corrected chi connectivity index (χ4v) is 1.70. The van der Waals surface area contributed by atoms with Crippen molar-refractivity contribution >= 4 is 11.5 Å². The minimum absolute atomic E-state index is 0.919. The maximum Gasteiger partial charge on any atom is 0.128 e. The second-order valence-corrected chi connectivity index (χ2v) is 4.24. The van der Waals surface area contributed by atoms with E-state index in [2.05, 4.69) is 39.9 Å². The van der Waals surface area contributed by atoms with Gasteiger partial charge in [-0.3, -0.25) is 4.98 Å². The van der Waals surface area contributed by atoms with Crippen molar-refractivity contribution in [2.45, 2.75) is 0 Å². The highest BCUT2D eigenvalue weighted by atomic mass is 15.2. The number of pyridine rings is 2. The molecule has 0 saturated carbocycles. The van der Waals surface area contributed by atoms with Crippen LogP contribution in [0.5, 0.6) is 0 Å². The van der Waals surface area contributed by atoms with Gasteiger partial charge in [-0.25, -0.2) is 4.98 Å². The van der Waals surface area contributed by atoms with Crippen LogP contribution in [0.2, 0.25) is 0 Å². The Morgan fingerprint density at radius 2 is 1.78 bits per heavy atom. The lowest BCUT2D eigenvalue weighted by atomic mass is 10.3. The van der Waals surface area contributed by atoms with E-state index in [9.17, 15) is 0 Å². The van der Waals surface area contributed by atoms with E-state index in [1.54, 1.807) is 6.20 Å². The third-order valence-electron chi connectivity index (χ3n) is 2.90. The van der Waals surface area contributed by atoms with E-state index in [0.717, 1.165) is 24.6 Å². The highest BCUT2D eigenvalue weighted by Crippen LogP contribution is 2.10. The van der Waals surface area contributed by atoms with Crippen LogP contribution in [-0.4, -0.2) is 37.2 Å². The molecule has 2 rings (SSSR count). The summed E-state index contributed by atoms with van der Waals surface area (Å²) in [6.07, 6.45) is 5.48. The predicted octanol–water partition coefficient (Wildman–Crippen LogP) is 2.05. The summed E-state index contributed by atoms with van der Waals surface area (Å²) in [5.41, 5.74) is 1.13. The molecule has 0 N–H and O–H groups in total. The number of anilines is 2. The summed E-state index contributed by atoms with van der Waals surface area (Å²) >= 11 is 0. The average molecular weight is 242 g/mol. The molecule has 4 nitrogen and oxygen atoms in total. The fraction of sp³-hybridized carbons (Fsp3) is 0.286. The van der Waals surface area contributed by atoms with Crippen LogP contribution in [0.15, 0.2) is 48.9 Å². The van der Waals surface area contributed by atoms with Crippen LogP contribution < -0.4 is 9.80 Å². The van der Waals surface area contributed by atoms with Crippen LogP contribution in [0, 0.1) is 0 Å². The first-order valence-electron chi connectivity index (χ1n) is 6.00. The molecule has 18 heavy (non-hydrogen) atoms. The molecule has 0 unspecified atom stereocenters. The van der Waals surface area contributed by atoms with Crippen LogP contribution in [0.25, 0.3) is 0 Å². The van der Waals surface area contributed by atoms with Crippen molar-refractivity contribution < 1.29 is 0 Å². The van der Waals surface area contributed by atoms with Gasteiger partial charge in [0.15, 0.2) is 0 Å². The van der Waals surface area contributed by atoms with Crippen LogP contribution in [0.1, 0.15) is 0 Å². The normalized spacial score (nSPS) is 10.1. The summed E-state index contributed by atoms with van der Waals surface area (Å²) < 4.78 is 0. The molecule has 0 aromatic carbocycles. The van der Waals surface area contributed by atoms with Gasteiger partial charge in [0.2, 0.25) is 0 Å². The maximum absolute atomic E-state index is 4.32. The van der Waals surface area contributed by atoms with Gasteiger partial charge in [0.25, 0.3) is 0 Å². The quantitative estimate of drug-likeness (QED) is 0.803. The molecule has 94 valence electrons. The van der Waals surface area contributed by atoms with Crippen molar-refractivity contribution in [1.82, 2.24) is 9.97 Å². The van der Waals surface area contributed by atoms with E-state index in [1.807, 2.05) is 36.7 Å². The first-order valence-corrected chi connectivity index (χ1v) is 6.00. The molecule has 0 fully saturated rings. The van der Waals surface area contributed by atoms with Crippen molar-refractivity contribution in [3.8, 4) is 0 Å². The van der Waals surface area contributed by atoms with Crippen LogP contribution >= 0.6 is 0 Å². The third kappa shape index (κ3) is 3.20. The summed E-state index contributed by atoms with van der Waals surface area (Å²) in [5.74, 6) is 0.997. The topological polar surface area (TPSA) is 32.3 Å². The van der Waals surface area contributed by atoms with Crippen molar-refractivity contribution in [3.63, 3.8) is 0 Å². The molecular formula is C14H18N4. The number of rotatable bonds is 5. The van der Waals surface area contributed by atoms with E-state index < -0.39 is 0 Å². The molecule has 4 heteroatoms. The Labute approximate surface area is 108 Å². The van der Waals surface area contributed by atoms with Gasteiger partial charge in [-0.2, -0.15) is 0 Å². The molecule has 0 spiro atoms. The van der Waals surface area contributed by atoms with Gasteiger partial charge < -0.3 is 9.80 Å². The van der Waals surface area contributed by atoms with Crippen molar-refractivity contribution in [1.29, 1.82) is 0 Å². The van der Waals surface area contributed by atoms with E-state index in [1.165, 1.54) is 0 Å². The second-order valence-electron chi connectivity index (χ2n) is 4.24. The Morgan fingerprint density at radius 1 is 0.944 bits per heavy atom. The van der Waals surface area contributed by atoms with Crippen LogP contribution in [0.4, 0.5) is 11.5 Å².